The summed E-state index contributed by atoms with van der Waals surface area (Å²) in [5.41, 5.74) is 1.93. The van der Waals surface area contributed by atoms with Gasteiger partial charge in [-0.3, -0.25) is 0 Å². The number of likely N-dealkylation sites (N-methyl/N-ethyl adjacent to an activating group) is 1. The van der Waals surface area contributed by atoms with Crippen LogP contribution in [0.15, 0.2) is 53.0 Å². The van der Waals surface area contributed by atoms with Crippen LogP contribution in [0.3, 0.4) is 0 Å². The Bertz CT molecular complexity index is 562. The van der Waals surface area contributed by atoms with Gasteiger partial charge in [0.25, 0.3) is 0 Å². The Morgan fingerprint density at radius 1 is 1.15 bits per heavy atom. The van der Waals surface area contributed by atoms with E-state index in [1.807, 2.05) is 55.6 Å². The molecule has 0 bridgehead atoms. The first-order valence-corrected chi connectivity index (χ1v) is 7.63. The van der Waals surface area contributed by atoms with Gasteiger partial charge >= 0.3 is 0 Å². The lowest BCUT2D eigenvalue weighted by atomic mass is 9.89. The van der Waals surface area contributed by atoms with Gasteiger partial charge in [0.2, 0.25) is 0 Å². The van der Waals surface area contributed by atoms with Crippen molar-refractivity contribution in [2.45, 2.75) is 12.0 Å². The minimum Gasteiger partial charge on any atom is -0.388 e. The van der Waals surface area contributed by atoms with E-state index in [-0.39, 0.29) is 5.92 Å². The number of nitrogens with one attached hydrogen (secondary N) is 1. The number of benzene rings is 2. The molecule has 0 spiro atoms. The van der Waals surface area contributed by atoms with Crippen molar-refractivity contribution in [2.75, 3.05) is 13.6 Å². The minimum atomic E-state index is -0.569. The van der Waals surface area contributed by atoms with Crippen LogP contribution in [0.1, 0.15) is 23.1 Å². The van der Waals surface area contributed by atoms with Crippen molar-refractivity contribution in [2.24, 2.45) is 0 Å². The predicted octanol–water partition coefficient (Wildman–Crippen LogP) is 4.14. The molecule has 2 rings (SSSR count). The molecule has 2 unspecified atom stereocenters. The Labute approximate surface area is 132 Å². The molecule has 4 heteroatoms. The van der Waals surface area contributed by atoms with Crippen LogP contribution in [0.25, 0.3) is 0 Å². The number of hydrogen-bond acceptors (Lipinski definition) is 2. The summed E-state index contributed by atoms with van der Waals surface area (Å²) >= 11 is 9.55. The zero-order valence-electron chi connectivity index (χ0n) is 11.2. The maximum Gasteiger partial charge on any atom is 0.0870 e. The van der Waals surface area contributed by atoms with Crippen molar-refractivity contribution in [1.82, 2.24) is 5.32 Å². The first kappa shape index (κ1) is 15.5. The van der Waals surface area contributed by atoms with Gasteiger partial charge in [-0.2, -0.15) is 0 Å². The van der Waals surface area contributed by atoms with Gasteiger partial charge in [-0.15, -0.1) is 0 Å². The highest BCUT2D eigenvalue weighted by Crippen LogP contribution is 2.33. The molecule has 2 aromatic carbocycles. The lowest BCUT2D eigenvalue weighted by Crippen LogP contribution is -2.23. The molecule has 0 aromatic heterocycles. The SMILES string of the molecule is CNCC(c1ccc(Br)c(Cl)c1)C(O)c1ccccc1. The van der Waals surface area contributed by atoms with Gasteiger partial charge in [0.05, 0.1) is 11.1 Å². The Kier molecular flexibility index (Phi) is 5.61. The molecular formula is C16H17BrClNO. The molecule has 0 aliphatic heterocycles. The second-order valence-electron chi connectivity index (χ2n) is 4.69. The Balaban J connectivity index is 2.33. The summed E-state index contributed by atoms with van der Waals surface area (Å²) in [5.74, 6) is -0.0481. The topological polar surface area (TPSA) is 32.3 Å². The molecule has 106 valence electrons. The molecule has 0 saturated carbocycles. The monoisotopic (exact) mass is 353 g/mol. The van der Waals surface area contributed by atoms with Gasteiger partial charge in [-0.05, 0) is 46.2 Å². The van der Waals surface area contributed by atoms with E-state index in [9.17, 15) is 5.11 Å². The maximum atomic E-state index is 10.6. The minimum absolute atomic E-state index is 0.0481. The molecule has 2 nitrogen and oxygen atoms in total. The fraction of sp³-hybridized carbons (Fsp3) is 0.250. The van der Waals surface area contributed by atoms with Crippen molar-refractivity contribution < 1.29 is 5.11 Å². The van der Waals surface area contributed by atoms with Crippen LogP contribution in [0.5, 0.6) is 0 Å². The molecule has 0 amide bonds. The lowest BCUT2D eigenvalue weighted by Gasteiger charge is -2.24. The maximum absolute atomic E-state index is 10.6. The summed E-state index contributed by atoms with van der Waals surface area (Å²) < 4.78 is 0.861. The molecule has 2 N–H and O–H groups in total. The van der Waals surface area contributed by atoms with Gasteiger partial charge in [-0.1, -0.05) is 48.0 Å². The van der Waals surface area contributed by atoms with Crippen LogP contribution < -0.4 is 5.32 Å². The van der Waals surface area contributed by atoms with E-state index in [2.05, 4.69) is 21.2 Å². The first-order chi connectivity index (χ1) is 9.63. The van der Waals surface area contributed by atoms with Gasteiger partial charge < -0.3 is 10.4 Å². The standard InChI is InChI=1S/C16H17BrClNO/c1-19-10-13(12-7-8-14(17)15(18)9-12)16(20)11-5-3-2-4-6-11/h2-9,13,16,19-20H,10H2,1H3. The first-order valence-electron chi connectivity index (χ1n) is 6.46. The Morgan fingerprint density at radius 3 is 2.45 bits per heavy atom. The van der Waals surface area contributed by atoms with Crippen molar-refractivity contribution in [3.8, 4) is 0 Å². The van der Waals surface area contributed by atoms with Crippen LogP contribution in [-0.4, -0.2) is 18.7 Å². The second-order valence-corrected chi connectivity index (χ2v) is 5.95. The quantitative estimate of drug-likeness (QED) is 0.846. The largest absolute Gasteiger partial charge is 0.388 e. The van der Waals surface area contributed by atoms with E-state index in [1.54, 1.807) is 0 Å². The highest BCUT2D eigenvalue weighted by Gasteiger charge is 2.22. The van der Waals surface area contributed by atoms with Crippen LogP contribution in [-0.2, 0) is 0 Å². The van der Waals surface area contributed by atoms with E-state index in [0.717, 1.165) is 15.6 Å². The molecule has 0 saturated heterocycles. The Morgan fingerprint density at radius 2 is 1.85 bits per heavy atom. The summed E-state index contributed by atoms with van der Waals surface area (Å²) in [7, 11) is 1.88. The molecule has 2 aromatic rings. The fourth-order valence-corrected chi connectivity index (χ4v) is 2.69. The number of aliphatic hydroxyl groups is 1. The van der Waals surface area contributed by atoms with E-state index in [0.29, 0.717) is 11.6 Å². The van der Waals surface area contributed by atoms with Crippen LogP contribution in [0, 0.1) is 0 Å². The summed E-state index contributed by atoms with van der Waals surface area (Å²) in [5, 5.41) is 14.4. The number of halogens is 2. The van der Waals surface area contributed by atoms with E-state index >= 15 is 0 Å². The van der Waals surface area contributed by atoms with E-state index in [4.69, 9.17) is 11.6 Å². The number of aliphatic hydroxyl groups excluding tert-OH is 1. The smallest absolute Gasteiger partial charge is 0.0870 e. The third-order valence-corrected chi connectivity index (χ3v) is 4.55. The van der Waals surface area contributed by atoms with E-state index < -0.39 is 6.10 Å². The van der Waals surface area contributed by atoms with Crippen LogP contribution in [0.4, 0.5) is 0 Å². The number of rotatable bonds is 5. The third kappa shape index (κ3) is 3.61. The van der Waals surface area contributed by atoms with Gasteiger partial charge in [0, 0.05) is 16.9 Å². The zero-order chi connectivity index (χ0) is 14.5. The Hall–Kier alpha value is -0.870. The molecule has 2 atom stereocenters. The van der Waals surface area contributed by atoms with Crippen molar-refractivity contribution >= 4 is 27.5 Å². The molecule has 20 heavy (non-hydrogen) atoms. The molecule has 0 fully saturated rings. The summed E-state index contributed by atoms with van der Waals surface area (Å²) in [6.07, 6.45) is -0.569. The van der Waals surface area contributed by atoms with Gasteiger partial charge in [0.1, 0.15) is 0 Å². The highest BCUT2D eigenvalue weighted by molar-refractivity contribution is 9.10. The van der Waals surface area contributed by atoms with Crippen LogP contribution in [0.2, 0.25) is 5.02 Å². The van der Waals surface area contributed by atoms with E-state index in [1.165, 1.54) is 0 Å². The summed E-state index contributed by atoms with van der Waals surface area (Å²) in [4.78, 5) is 0. The van der Waals surface area contributed by atoms with Gasteiger partial charge in [0.15, 0.2) is 0 Å². The van der Waals surface area contributed by atoms with Crippen molar-refractivity contribution in [1.29, 1.82) is 0 Å². The third-order valence-electron chi connectivity index (χ3n) is 3.32. The summed E-state index contributed by atoms with van der Waals surface area (Å²) in [6, 6.07) is 15.5. The van der Waals surface area contributed by atoms with Crippen LogP contribution >= 0.6 is 27.5 Å². The normalized spacial score (nSPS) is 14.0. The number of hydrogen-bond donors (Lipinski definition) is 2. The lowest BCUT2D eigenvalue weighted by molar-refractivity contribution is 0.144. The average Bonchev–Trinajstić information content (AvgIpc) is 2.48. The molecule has 0 radical (unpaired) electrons. The average molecular weight is 355 g/mol. The molecular weight excluding hydrogens is 338 g/mol. The molecule has 0 aliphatic carbocycles. The molecule has 0 heterocycles. The summed E-state index contributed by atoms with van der Waals surface area (Å²) in [6.45, 7) is 0.675. The zero-order valence-corrected chi connectivity index (χ0v) is 13.5. The predicted molar refractivity (Wildman–Crippen MR) is 87.2 cm³/mol. The fourth-order valence-electron chi connectivity index (χ4n) is 2.26. The second kappa shape index (κ2) is 7.23. The highest BCUT2D eigenvalue weighted by atomic mass is 79.9. The van der Waals surface area contributed by atoms with Gasteiger partial charge in [-0.25, -0.2) is 0 Å². The van der Waals surface area contributed by atoms with Crippen molar-refractivity contribution in [3.63, 3.8) is 0 Å². The van der Waals surface area contributed by atoms with Crippen molar-refractivity contribution in [3.05, 3.63) is 69.2 Å². The molecule has 0 aliphatic rings.